The van der Waals surface area contributed by atoms with Gasteiger partial charge in [-0.2, -0.15) is 0 Å². The fraction of sp³-hybridized carbons (Fsp3) is 0.182. The molecule has 4 rings (SSSR count). The lowest BCUT2D eigenvalue weighted by Crippen LogP contribution is -2.31. The van der Waals surface area contributed by atoms with Crippen molar-refractivity contribution in [2.45, 2.75) is 12.5 Å². The van der Waals surface area contributed by atoms with E-state index in [-0.39, 0.29) is 28.8 Å². The first-order chi connectivity index (χ1) is 14.4. The molecule has 1 atom stereocenters. The lowest BCUT2D eigenvalue weighted by Gasteiger charge is -2.16. The van der Waals surface area contributed by atoms with E-state index in [9.17, 15) is 14.0 Å². The number of anilines is 1. The fourth-order valence-corrected chi connectivity index (χ4v) is 3.49. The minimum absolute atomic E-state index is 0.0396. The van der Waals surface area contributed by atoms with E-state index < -0.39 is 5.82 Å². The summed E-state index contributed by atoms with van der Waals surface area (Å²) < 4.78 is 13.5. The van der Waals surface area contributed by atoms with Crippen LogP contribution in [0.3, 0.4) is 0 Å². The minimum atomic E-state index is -0.397. The van der Waals surface area contributed by atoms with Crippen LogP contribution >= 0.6 is 0 Å². The van der Waals surface area contributed by atoms with Crippen LogP contribution in [0.4, 0.5) is 10.1 Å². The predicted molar refractivity (Wildman–Crippen MR) is 115 cm³/mol. The molecule has 0 saturated carbocycles. The predicted octanol–water partition coefficient (Wildman–Crippen LogP) is 2.21. The maximum atomic E-state index is 13.5. The summed E-state index contributed by atoms with van der Waals surface area (Å²) in [5.41, 5.74) is 13.8. The van der Waals surface area contributed by atoms with Crippen LogP contribution in [-0.4, -0.2) is 34.9 Å². The summed E-state index contributed by atoms with van der Waals surface area (Å²) in [5.74, 6) is -0.439. The third-order valence-electron chi connectivity index (χ3n) is 5.16. The molecule has 1 aromatic heterocycles. The Morgan fingerprint density at radius 2 is 1.97 bits per heavy atom. The number of fused-ring (bicyclic) bond motifs is 1. The standard InChI is InChI=1S/C22H22FN5O2/c23-15-3-6-20-14(9-15)10-18(21(29)27-20)19(25)11-26-17-4-1-13(2-5-17)22(30)28-8-7-16(24)12-28/h1-6,9-11,16,26H,7-8,12,24-25H2,(H,27,29)/b19-11-/t16-/m1/s1. The number of H-pyrrole nitrogens is 1. The summed E-state index contributed by atoms with van der Waals surface area (Å²) in [5, 5.41) is 3.56. The van der Waals surface area contributed by atoms with Gasteiger partial charge in [-0.05, 0) is 55.0 Å². The summed E-state index contributed by atoms with van der Waals surface area (Å²) in [7, 11) is 0. The molecule has 0 spiro atoms. The highest BCUT2D eigenvalue weighted by molar-refractivity contribution is 5.94. The van der Waals surface area contributed by atoms with E-state index in [0.29, 0.717) is 35.2 Å². The van der Waals surface area contributed by atoms with Crippen molar-refractivity contribution in [3.05, 3.63) is 82.0 Å². The van der Waals surface area contributed by atoms with E-state index in [4.69, 9.17) is 11.5 Å². The number of amides is 1. The monoisotopic (exact) mass is 407 g/mol. The number of benzene rings is 2. The molecule has 1 saturated heterocycles. The quantitative estimate of drug-likeness (QED) is 0.529. The number of rotatable bonds is 4. The lowest BCUT2D eigenvalue weighted by molar-refractivity contribution is 0.0791. The van der Waals surface area contributed by atoms with Gasteiger partial charge < -0.3 is 26.7 Å². The smallest absolute Gasteiger partial charge is 0.257 e. The van der Waals surface area contributed by atoms with Crippen molar-refractivity contribution >= 4 is 28.2 Å². The van der Waals surface area contributed by atoms with Crippen molar-refractivity contribution < 1.29 is 9.18 Å². The van der Waals surface area contributed by atoms with Gasteiger partial charge in [-0.15, -0.1) is 0 Å². The summed E-state index contributed by atoms with van der Waals surface area (Å²) in [4.78, 5) is 29.2. The highest BCUT2D eigenvalue weighted by Crippen LogP contribution is 2.17. The highest BCUT2D eigenvalue weighted by Gasteiger charge is 2.24. The summed E-state index contributed by atoms with van der Waals surface area (Å²) in [6.07, 6.45) is 2.31. The zero-order valence-electron chi connectivity index (χ0n) is 16.2. The van der Waals surface area contributed by atoms with Gasteiger partial charge in [0.1, 0.15) is 5.82 Å². The average Bonchev–Trinajstić information content (AvgIpc) is 3.18. The second-order valence-corrected chi connectivity index (χ2v) is 7.36. The van der Waals surface area contributed by atoms with Gasteiger partial charge in [0.2, 0.25) is 0 Å². The second-order valence-electron chi connectivity index (χ2n) is 7.36. The van der Waals surface area contributed by atoms with Gasteiger partial charge in [0.05, 0.1) is 11.3 Å². The topological polar surface area (TPSA) is 117 Å². The molecule has 1 fully saturated rings. The van der Waals surface area contributed by atoms with Crippen LogP contribution in [0.1, 0.15) is 22.3 Å². The third kappa shape index (κ3) is 4.04. The zero-order valence-corrected chi connectivity index (χ0v) is 16.2. The molecule has 6 N–H and O–H groups in total. The fourth-order valence-electron chi connectivity index (χ4n) is 3.49. The van der Waals surface area contributed by atoms with Gasteiger partial charge in [-0.25, -0.2) is 4.39 Å². The Bertz CT molecular complexity index is 1190. The SMILES string of the molecule is N/C(=C\Nc1ccc(C(=O)N2CC[C@@H](N)C2)cc1)c1cc2cc(F)ccc2[nH]c1=O. The first-order valence-electron chi connectivity index (χ1n) is 9.61. The van der Waals surface area contributed by atoms with Crippen LogP contribution in [0, 0.1) is 5.82 Å². The maximum absolute atomic E-state index is 13.5. The molecule has 1 amide bonds. The van der Waals surface area contributed by atoms with Crippen molar-refractivity contribution in [2.24, 2.45) is 11.5 Å². The van der Waals surface area contributed by atoms with Crippen LogP contribution < -0.4 is 22.3 Å². The van der Waals surface area contributed by atoms with E-state index in [1.54, 1.807) is 35.2 Å². The molecule has 0 bridgehead atoms. The van der Waals surface area contributed by atoms with Crippen molar-refractivity contribution in [3.63, 3.8) is 0 Å². The Morgan fingerprint density at radius 1 is 1.20 bits per heavy atom. The van der Waals surface area contributed by atoms with E-state index in [0.717, 1.165) is 6.42 Å². The number of nitrogens with one attached hydrogen (secondary N) is 2. The number of aromatic nitrogens is 1. The van der Waals surface area contributed by atoms with E-state index >= 15 is 0 Å². The number of carbonyl (C=O) groups excluding carboxylic acids is 1. The first kappa shape index (κ1) is 19.7. The number of carbonyl (C=O) groups is 1. The number of nitrogens with zero attached hydrogens (tertiary/aromatic N) is 1. The Labute approximate surface area is 172 Å². The number of hydrogen-bond acceptors (Lipinski definition) is 5. The third-order valence-corrected chi connectivity index (χ3v) is 5.16. The van der Waals surface area contributed by atoms with Gasteiger partial charge in [-0.1, -0.05) is 0 Å². The molecule has 0 radical (unpaired) electrons. The summed E-state index contributed by atoms with van der Waals surface area (Å²) >= 11 is 0. The largest absolute Gasteiger partial charge is 0.397 e. The van der Waals surface area contributed by atoms with Gasteiger partial charge in [0.15, 0.2) is 0 Å². The van der Waals surface area contributed by atoms with Crippen LogP contribution in [0.25, 0.3) is 16.6 Å². The highest BCUT2D eigenvalue weighted by atomic mass is 19.1. The second kappa shape index (κ2) is 8.00. The molecular formula is C22H22FN5O2. The molecular weight excluding hydrogens is 385 g/mol. The van der Waals surface area contributed by atoms with Crippen molar-refractivity contribution in [1.29, 1.82) is 0 Å². The van der Waals surface area contributed by atoms with Crippen LogP contribution in [0.15, 0.2) is 59.5 Å². The van der Waals surface area contributed by atoms with Crippen LogP contribution in [0.5, 0.6) is 0 Å². The Kier molecular flexibility index (Phi) is 5.24. The lowest BCUT2D eigenvalue weighted by atomic mass is 10.1. The average molecular weight is 407 g/mol. The molecule has 0 unspecified atom stereocenters. The first-order valence-corrected chi connectivity index (χ1v) is 9.61. The molecule has 8 heteroatoms. The molecule has 1 aliphatic rings. The minimum Gasteiger partial charge on any atom is -0.397 e. The van der Waals surface area contributed by atoms with E-state index in [1.165, 1.54) is 24.4 Å². The maximum Gasteiger partial charge on any atom is 0.257 e. The molecule has 7 nitrogen and oxygen atoms in total. The van der Waals surface area contributed by atoms with Crippen molar-refractivity contribution in [2.75, 3.05) is 18.4 Å². The van der Waals surface area contributed by atoms with E-state index in [2.05, 4.69) is 10.3 Å². The number of hydrogen-bond donors (Lipinski definition) is 4. The summed E-state index contributed by atoms with van der Waals surface area (Å²) in [6.45, 7) is 1.24. The number of nitrogens with two attached hydrogens (primary N) is 2. The van der Waals surface area contributed by atoms with Gasteiger partial charge in [0.25, 0.3) is 11.5 Å². The normalized spacial score (nSPS) is 16.8. The van der Waals surface area contributed by atoms with Crippen molar-refractivity contribution in [3.8, 4) is 0 Å². The molecule has 154 valence electrons. The molecule has 3 aromatic rings. The Balaban J connectivity index is 1.49. The molecule has 2 heterocycles. The van der Waals surface area contributed by atoms with Gasteiger partial charge >= 0.3 is 0 Å². The van der Waals surface area contributed by atoms with Crippen LogP contribution in [0.2, 0.25) is 0 Å². The Hall–Kier alpha value is -3.65. The molecule has 30 heavy (non-hydrogen) atoms. The summed E-state index contributed by atoms with van der Waals surface area (Å²) in [6, 6.07) is 12.7. The van der Waals surface area contributed by atoms with Crippen LogP contribution in [-0.2, 0) is 0 Å². The van der Waals surface area contributed by atoms with Gasteiger partial charge in [0, 0.05) is 47.5 Å². The number of aromatic amines is 1. The van der Waals surface area contributed by atoms with Gasteiger partial charge in [-0.3, -0.25) is 9.59 Å². The molecule has 1 aliphatic heterocycles. The molecule has 0 aliphatic carbocycles. The number of likely N-dealkylation sites (tertiary alicyclic amines) is 1. The van der Waals surface area contributed by atoms with Crippen molar-refractivity contribution in [1.82, 2.24) is 9.88 Å². The zero-order chi connectivity index (χ0) is 21.3. The van der Waals surface area contributed by atoms with E-state index in [1.807, 2.05) is 0 Å². The Morgan fingerprint density at radius 3 is 2.67 bits per heavy atom. The number of halogens is 1. The number of pyridine rings is 1. The molecule has 2 aromatic carbocycles.